The molecule has 0 unspecified atom stereocenters. The molecule has 0 spiro atoms. The highest BCUT2D eigenvalue weighted by Crippen LogP contribution is 2.13. The number of ether oxygens (including phenoxy) is 2. The zero-order chi connectivity index (χ0) is 21.5. The van der Waals surface area contributed by atoms with E-state index in [-0.39, 0.29) is 11.5 Å². The molecule has 0 saturated heterocycles. The summed E-state index contributed by atoms with van der Waals surface area (Å²) >= 11 is 0. The molecule has 0 aliphatic rings. The number of hydrogen-bond donors (Lipinski definition) is 0. The lowest BCUT2D eigenvalue weighted by Gasteiger charge is -2.05. The fraction of sp³-hybridized carbons (Fsp3) is 0.750. The molecule has 1 aromatic rings. The van der Waals surface area contributed by atoms with E-state index >= 15 is 0 Å². The van der Waals surface area contributed by atoms with E-state index in [0.29, 0.717) is 13.2 Å². The van der Waals surface area contributed by atoms with Crippen LogP contribution >= 0.6 is 0 Å². The third kappa shape index (κ3) is 12.4. The maximum Gasteiger partial charge on any atom is 0.374 e. The van der Waals surface area contributed by atoms with Crippen LogP contribution in [0.5, 0.6) is 0 Å². The van der Waals surface area contributed by atoms with E-state index in [1.807, 2.05) is 0 Å². The Kier molecular flexibility index (Phi) is 13.2. The van der Waals surface area contributed by atoms with Gasteiger partial charge in [0.1, 0.15) is 0 Å². The second-order valence-corrected chi connectivity index (χ2v) is 8.63. The summed E-state index contributed by atoms with van der Waals surface area (Å²) in [5.74, 6) is 0.508. The molecule has 1 heterocycles. The van der Waals surface area contributed by atoms with Gasteiger partial charge in [0.05, 0.1) is 13.2 Å². The van der Waals surface area contributed by atoms with Crippen LogP contribution in [0.15, 0.2) is 16.5 Å². The summed E-state index contributed by atoms with van der Waals surface area (Å²) in [6.45, 7) is 9.65. The molecule has 166 valence electrons. The van der Waals surface area contributed by atoms with Gasteiger partial charge >= 0.3 is 11.9 Å². The van der Waals surface area contributed by atoms with E-state index in [0.717, 1.165) is 50.4 Å². The third-order valence-electron chi connectivity index (χ3n) is 4.83. The van der Waals surface area contributed by atoms with Gasteiger partial charge in [0.25, 0.3) is 0 Å². The summed E-state index contributed by atoms with van der Waals surface area (Å²) < 4.78 is 15.7. The molecule has 0 N–H and O–H groups in total. The Bertz CT molecular complexity index is 525. The highest BCUT2D eigenvalue weighted by Gasteiger charge is 2.17. The standard InChI is InChI=1S/C24H40O5/c1-19(2)13-9-5-7-11-17-27-23(25)21-15-16-22(29-21)24(26)28-18-12-8-6-10-14-20(3)4/h15-16,19-20H,5-14,17-18H2,1-4H3. The summed E-state index contributed by atoms with van der Waals surface area (Å²) in [7, 11) is 0. The number of furan rings is 1. The maximum atomic E-state index is 12.0. The summed E-state index contributed by atoms with van der Waals surface area (Å²) in [5.41, 5.74) is 0. The van der Waals surface area contributed by atoms with E-state index in [9.17, 15) is 9.59 Å². The van der Waals surface area contributed by atoms with E-state index in [4.69, 9.17) is 13.9 Å². The normalized spacial score (nSPS) is 11.2. The Balaban J connectivity index is 2.15. The molecule has 5 heteroatoms. The fourth-order valence-corrected chi connectivity index (χ4v) is 3.05. The predicted octanol–water partition coefficient (Wildman–Crippen LogP) is 6.81. The van der Waals surface area contributed by atoms with Gasteiger partial charge in [0, 0.05) is 0 Å². The second kappa shape index (κ2) is 15.1. The van der Waals surface area contributed by atoms with Gasteiger partial charge < -0.3 is 13.9 Å². The van der Waals surface area contributed by atoms with Gasteiger partial charge in [-0.1, -0.05) is 79.1 Å². The van der Waals surface area contributed by atoms with Gasteiger partial charge in [-0.05, 0) is 36.8 Å². The molecule has 0 amide bonds. The molecule has 0 fully saturated rings. The first-order valence-electron chi connectivity index (χ1n) is 11.3. The van der Waals surface area contributed by atoms with Gasteiger partial charge in [-0.3, -0.25) is 0 Å². The molecule has 1 rings (SSSR count). The summed E-state index contributed by atoms with van der Waals surface area (Å²) in [4.78, 5) is 24.0. The van der Waals surface area contributed by atoms with Crippen LogP contribution < -0.4 is 0 Å². The van der Waals surface area contributed by atoms with Crippen molar-refractivity contribution in [3.05, 3.63) is 23.7 Å². The Morgan fingerprint density at radius 1 is 0.690 bits per heavy atom. The summed E-state index contributed by atoms with van der Waals surface area (Å²) in [6, 6.07) is 2.93. The lowest BCUT2D eigenvalue weighted by Crippen LogP contribution is -2.07. The lowest BCUT2D eigenvalue weighted by molar-refractivity contribution is 0.0427. The summed E-state index contributed by atoms with van der Waals surface area (Å²) in [5, 5.41) is 0. The van der Waals surface area contributed by atoms with Gasteiger partial charge in [-0.25, -0.2) is 9.59 Å². The Hall–Kier alpha value is -1.78. The van der Waals surface area contributed by atoms with Gasteiger partial charge in [0.2, 0.25) is 11.5 Å². The van der Waals surface area contributed by atoms with Gasteiger partial charge in [0.15, 0.2) is 0 Å². The minimum atomic E-state index is -0.531. The van der Waals surface area contributed by atoms with Crippen molar-refractivity contribution < 1.29 is 23.5 Å². The molecule has 0 atom stereocenters. The van der Waals surface area contributed by atoms with Crippen molar-refractivity contribution in [1.29, 1.82) is 0 Å². The number of rotatable bonds is 16. The van der Waals surface area contributed by atoms with Crippen molar-refractivity contribution in [2.75, 3.05) is 13.2 Å². The predicted molar refractivity (Wildman–Crippen MR) is 115 cm³/mol. The first-order chi connectivity index (χ1) is 13.9. The van der Waals surface area contributed by atoms with Crippen LogP contribution in [0.25, 0.3) is 0 Å². The fourth-order valence-electron chi connectivity index (χ4n) is 3.05. The molecular formula is C24H40O5. The number of esters is 2. The third-order valence-corrected chi connectivity index (χ3v) is 4.83. The second-order valence-electron chi connectivity index (χ2n) is 8.63. The molecule has 0 radical (unpaired) electrons. The van der Waals surface area contributed by atoms with Crippen LogP contribution in [0.3, 0.4) is 0 Å². The average Bonchev–Trinajstić information content (AvgIpc) is 3.16. The summed E-state index contributed by atoms with van der Waals surface area (Å²) in [6.07, 6.45) is 11.0. The number of carbonyl (C=O) groups is 2. The highest BCUT2D eigenvalue weighted by atomic mass is 16.6. The molecule has 1 aromatic heterocycles. The average molecular weight is 409 g/mol. The first kappa shape index (κ1) is 25.3. The largest absolute Gasteiger partial charge is 0.460 e. The van der Waals surface area contributed by atoms with E-state index in [2.05, 4.69) is 27.7 Å². The SMILES string of the molecule is CC(C)CCCCCCOC(=O)c1ccc(C(=O)OCCCCCCC(C)C)o1. The van der Waals surface area contributed by atoms with Crippen molar-refractivity contribution in [1.82, 2.24) is 0 Å². The first-order valence-corrected chi connectivity index (χ1v) is 11.3. The minimum Gasteiger partial charge on any atom is -0.460 e. The van der Waals surface area contributed by atoms with E-state index < -0.39 is 11.9 Å². The van der Waals surface area contributed by atoms with Crippen LogP contribution in [0, 0.1) is 11.8 Å². The number of carbonyl (C=O) groups excluding carboxylic acids is 2. The zero-order valence-corrected chi connectivity index (χ0v) is 18.8. The topological polar surface area (TPSA) is 65.7 Å². The Morgan fingerprint density at radius 2 is 1.07 bits per heavy atom. The highest BCUT2D eigenvalue weighted by molar-refractivity contribution is 5.90. The lowest BCUT2D eigenvalue weighted by atomic mass is 10.0. The minimum absolute atomic E-state index is 0.0467. The molecular weight excluding hydrogens is 368 g/mol. The van der Waals surface area contributed by atoms with Crippen molar-refractivity contribution in [2.24, 2.45) is 11.8 Å². The van der Waals surface area contributed by atoms with Crippen molar-refractivity contribution in [3.63, 3.8) is 0 Å². The van der Waals surface area contributed by atoms with Gasteiger partial charge in [-0.15, -0.1) is 0 Å². The molecule has 0 saturated carbocycles. The zero-order valence-electron chi connectivity index (χ0n) is 18.8. The van der Waals surface area contributed by atoms with Crippen molar-refractivity contribution in [2.45, 2.75) is 91.9 Å². The van der Waals surface area contributed by atoms with Crippen LogP contribution in [0.1, 0.15) is 113 Å². The van der Waals surface area contributed by atoms with Crippen LogP contribution in [-0.4, -0.2) is 25.2 Å². The van der Waals surface area contributed by atoms with E-state index in [1.54, 1.807) is 0 Å². The molecule has 29 heavy (non-hydrogen) atoms. The Morgan fingerprint density at radius 3 is 1.45 bits per heavy atom. The smallest absolute Gasteiger partial charge is 0.374 e. The van der Waals surface area contributed by atoms with Crippen LogP contribution in [0.2, 0.25) is 0 Å². The van der Waals surface area contributed by atoms with E-state index in [1.165, 1.54) is 37.8 Å². The maximum absolute atomic E-state index is 12.0. The molecule has 0 aliphatic carbocycles. The van der Waals surface area contributed by atoms with Crippen LogP contribution in [-0.2, 0) is 9.47 Å². The molecule has 5 nitrogen and oxygen atoms in total. The quantitative estimate of drug-likeness (QED) is 0.222. The van der Waals surface area contributed by atoms with Crippen molar-refractivity contribution >= 4 is 11.9 Å². The van der Waals surface area contributed by atoms with Crippen molar-refractivity contribution in [3.8, 4) is 0 Å². The van der Waals surface area contributed by atoms with Gasteiger partial charge in [-0.2, -0.15) is 0 Å². The molecule has 0 aromatic carbocycles. The molecule has 0 aliphatic heterocycles. The van der Waals surface area contributed by atoms with Crippen LogP contribution in [0.4, 0.5) is 0 Å². The monoisotopic (exact) mass is 408 g/mol. The Labute approximate surface area is 176 Å². The number of unbranched alkanes of at least 4 members (excludes halogenated alkanes) is 6. The molecule has 0 bridgehead atoms. The number of hydrogen-bond acceptors (Lipinski definition) is 5.